The summed E-state index contributed by atoms with van der Waals surface area (Å²) in [5.74, 6) is -0.955. The van der Waals surface area contributed by atoms with Gasteiger partial charge in [0.2, 0.25) is 11.8 Å². The van der Waals surface area contributed by atoms with E-state index in [1.165, 1.54) is 11.0 Å². The van der Waals surface area contributed by atoms with Gasteiger partial charge in [-0.1, -0.05) is 30.7 Å². The van der Waals surface area contributed by atoms with Crippen molar-refractivity contribution >= 4 is 23.4 Å². The van der Waals surface area contributed by atoms with Crippen molar-refractivity contribution in [3.63, 3.8) is 0 Å². The van der Waals surface area contributed by atoms with Crippen molar-refractivity contribution in [2.24, 2.45) is 0 Å². The van der Waals surface area contributed by atoms with Crippen LogP contribution in [0, 0.1) is 5.82 Å². The van der Waals surface area contributed by atoms with E-state index in [9.17, 15) is 14.0 Å². The zero-order valence-corrected chi connectivity index (χ0v) is 13.2. The molecule has 0 aliphatic rings. The third-order valence-corrected chi connectivity index (χ3v) is 3.36. The second kappa shape index (κ2) is 7.98. The van der Waals surface area contributed by atoms with Crippen LogP contribution in [0.15, 0.2) is 18.2 Å². The molecule has 116 valence electrons. The van der Waals surface area contributed by atoms with E-state index in [-0.39, 0.29) is 36.0 Å². The minimum atomic E-state index is -0.537. The zero-order chi connectivity index (χ0) is 16.0. The molecule has 0 saturated heterocycles. The Morgan fingerprint density at radius 3 is 2.62 bits per heavy atom. The number of halogens is 2. The molecule has 0 heterocycles. The first-order valence-electron chi connectivity index (χ1n) is 6.85. The van der Waals surface area contributed by atoms with Crippen LogP contribution in [0.2, 0.25) is 5.02 Å². The maximum Gasteiger partial charge on any atom is 0.239 e. The molecule has 4 nitrogen and oxygen atoms in total. The lowest BCUT2D eigenvalue weighted by Crippen LogP contribution is -2.44. The molecular weight excluding hydrogens is 295 g/mol. The molecular formula is C15H20ClFN2O2. The molecule has 1 aromatic rings. The van der Waals surface area contributed by atoms with Crippen molar-refractivity contribution in [1.29, 1.82) is 0 Å². The van der Waals surface area contributed by atoms with Gasteiger partial charge < -0.3 is 10.2 Å². The van der Waals surface area contributed by atoms with Gasteiger partial charge in [-0.2, -0.15) is 0 Å². The quantitative estimate of drug-likeness (QED) is 0.877. The molecule has 1 N–H and O–H groups in total. The molecule has 0 aliphatic heterocycles. The molecule has 0 aromatic heterocycles. The molecule has 2 amide bonds. The first-order chi connectivity index (χ1) is 9.86. The molecule has 0 radical (unpaired) electrons. The number of carbonyl (C=O) groups is 2. The van der Waals surface area contributed by atoms with Gasteiger partial charge in [-0.25, -0.2) is 4.39 Å². The van der Waals surface area contributed by atoms with Crippen LogP contribution in [-0.2, 0) is 16.1 Å². The van der Waals surface area contributed by atoms with E-state index in [1.807, 2.05) is 13.8 Å². The third-order valence-electron chi connectivity index (χ3n) is 3.07. The fourth-order valence-corrected chi connectivity index (χ4v) is 2.05. The van der Waals surface area contributed by atoms with Gasteiger partial charge in [0, 0.05) is 24.6 Å². The van der Waals surface area contributed by atoms with Gasteiger partial charge in [0.15, 0.2) is 0 Å². The van der Waals surface area contributed by atoms with Gasteiger partial charge >= 0.3 is 0 Å². The SMILES string of the molecule is CCC(=O)N(CC(=O)NCc1cccc(Cl)c1F)C(C)C. The maximum atomic E-state index is 13.7. The Hall–Kier alpha value is -1.62. The Bertz CT molecular complexity index is 520. The Morgan fingerprint density at radius 1 is 1.38 bits per heavy atom. The standard InChI is InChI=1S/C15H20ClFN2O2/c1-4-14(21)19(10(2)3)9-13(20)18-8-11-6-5-7-12(16)15(11)17/h5-7,10H,4,8-9H2,1-3H3,(H,18,20). The summed E-state index contributed by atoms with van der Waals surface area (Å²) in [6.07, 6.45) is 0.342. The van der Waals surface area contributed by atoms with E-state index >= 15 is 0 Å². The minimum Gasteiger partial charge on any atom is -0.350 e. The molecule has 0 spiro atoms. The van der Waals surface area contributed by atoms with Crippen molar-refractivity contribution in [3.05, 3.63) is 34.6 Å². The highest BCUT2D eigenvalue weighted by Crippen LogP contribution is 2.17. The van der Waals surface area contributed by atoms with Crippen LogP contribution in [0.5, 0.6) is 0 Å². The molecule has 0 atom stereocenters. The average molecular weight is 315 g/mol. The van der Waals surface area contributed by atoms with E-state index in [4.69, 9.17) is 11.6 Å². The largest absolute Gasteiger partial charge is 0.350 e. The van der Waals surface area contributed by atoms with Crippen LogP contribution in [-0.4, -0.2) is 29.3 Å². The lowest BCUT2D eigenvalue weighted by molar-refractivity contribution is -0.137. The van der Waals surface area contributed by atoms with Gasteiger partial charge in [-0.3, -0.25) is 9.59 Å². The fourth-order valence-electron chi connectivity index (χ4n) is 1.85. The summed E-state index contributed by atoms with van der Waals surface area (Å²) >= 11 is 5.67. The molecule has 0 unspecified atom stereocenters. The van der Waals surface area contributed by atoms with Crippen LogP contribution < -0.4 is 5.32 Å². The van der Waals surface area contributed by atoms with Gasteiger partial charge in [0.05, 0.1) is 11.6 Å². The monoisotopic (exact) mass is 314 g/mol. The molecule has 0 saturated carbocycles. The van der Waals surface area contributed by atoms with Crippen LogP contribution in [0.3, 0.4) is 0 Å². The van der Waals surface area contributed by atoms with Gasteiger partial charge in [0.25, 0.3) is 0 Å². The summed E-state index contributed by atoms with van der Waals surface area (Å²) in [6, 6.07) is 4.56. The van der Waals surface area contributed by atoms with Crippen LogP contribution in [0.25, 0.3) is 0 Å². The normalized spacial score (nSPS) is 10.6. The van der Waals surface area contributed by atoms with Crippen LogP contribution in [0.4, 0.5) is 4.39 Å². The number of carbonyl (C=O) groups excluding carboxylic acids is 2. The minimum absolute atomic E-state index is 0.0201. The lowest BCUT2D eigenvalue weighted by Gasteiger charge is -2.25. The molecule has 1 aromatic carbocycles. The number of nitrogens with one attached hydrogen (secondary N) is 1. The topological polar surface area (TPSA) is 49.4 Å². The molecule has 0 aliphatic carbocycles. The van der Waals surface area contributed by atoms with Crippen LogP contribution in [0.1, 0.15) is 32.8 Å². The average Bonchev–Trinajstić information content (AvgIpc) is 2.45. The van der Waals surface area contributed by atoms with Gasteiger partial charge in [0.1, 0.15) is 5.82 Å². The number of rotatable bonds is 6. The van der Waals surface area contributed by atoms with E-state index < -0.39 is 5.82 Å². The first kappa shape index (κ1) is 17.4. The van der Waals surface area contributed by atoms with Crippen molar-refractivity contribution in [2.75, 3.05) is 6.54 Å². The highest BCUT2D eigenvalue weighted by Gasteiger charge is 2.18. The lowest BCUT2D eigenvalue weighted by atomic mass is 10.2. The third kappa shape index (κ3) is 5.01. The maximum absolute atomic E-state index is 13.7. The molecule has 0 fully saturated rings. The Labute approximate surface area is 129 Å². The second-order valence-electron chi connectivity index (χ2n) is 4.96. The van der Waals surface area contributed by atoms with Crippen LogP contribution >= 0.6 is 11.6 Å². The summed E-state index contributed by atoms with van der Waals surface area (Å²) in [5, 5.41) is 2.62. The van der Waals surface area contributed by atoms with Gasteiger partial charge in [-0.15, -0.1) is 0 Å². The Morgan fingerprint density at radius 2 is 2.05 bits per heavy atom. The number of benzene rings is 1. The van der Waals surface area contributed by atoms with Crippen molar-refractivity contribution in [1.82, 2.24) is 10.2 Å². The van der Waals surface area contributed by atoms with E-state index in [2.05, 4.69) is 5.32 Å². The summed E-state index contributed by atoms with van der Waals surface area (Å²) in [7, 11) is 0. The summed E-state index contributed by atoms with van der Waals surface area (Å²) < 4.78 is 13.7. The smallest absolute Gasteiger partial charge is 0.239 e. The molecule has 21 heavy (non-hydrogen) atoms. The van der Waals surface area contributed by atoms with Crippen molar-refractivity contribution in [3.8, 4) is 0 Å². The number of amides is 2. The molecule has 6 heteroatoms. The summed E-state index contributed by atoms with van der Waals surface area (Å²) in [6.45, 7) is 5.44. The van der Waals surface area contributed by atoms with Crippen molar-refractivity contribution in [2.45, 2.75) is 39.8 Å². The molecule has 1 rings (SSSR count). The van der Waals surface area contributed by atoms with Crippen molar-refractivity contribution < 1.29 is 14.0 Å². The predicted octanol–water partition coefficient (Wildman–Crippen LogP) is 2.74. The van der Waals surface area contributed by atoms with E-state index in [0.29, 0.717) is 12.0 Å². The number of hydrogen-bond donors (Lipinski definition) is 1. The van der Waals surface area contributed by atoms with Gasteiger partial charge in [-0.05, 0) is 19.9 Å². The zero-order valence-electron chi connectivity index (χ0n) is 12.5. The highest BCUT2D eigenvalue weighted by atomic mass is 35.5. The first-order valence-corrected chi connectivity index (χ1v) is 7.23. The summed E-state index contributed by atoms with van der Waals surface area (Å²) in [5.41, 5.74) is 0.314. The predicted molar refractivity (Wildman–Crippen MR) is 80.4 cm³/mol. The van der Waals surface area contributed by atoms with E-state index in [1.54, 1.807) is 19.1 Å². The number of hydrogen-bond acceptors (Lipinski definition) is 2. The fraction of sp³-hybridized carbons (Fsp3) is 0.467. The molecule has 0 bridgehead atoms. The highest BCUT2D eigenvalue weighted by molar-refractivity contribution is 6.30. The number of nitrogens with zero attached hydrogens (tertiary/aromatic N) is 1. The Balaban J connectivity index is 2.61. The Kier molecular flexibility index (Phi) is 6.62. The van der Waals surface area contributed by atoms with E-state index in [0.717, 1.165) is 0 Å². The second-order valence-corrected chi connectivity index (χ2v) is 5.37. The summed E-state index contributed by atoms with van der Waals surface area (Å²) in [4.78, 5) is 25.1.